The Bertz CT molecular complexity index is 1010. The van der Waals surface area contributed by atoms with Crippen molar-refractivity contribution in [3.05, 3.63) is 53.9 Å². The Balaban J connectivity index is 1.43. The number of ether oxygens (including phenoxy) is 1. The molecule has 0 radical (unpaired) electrons. The summed E-state index contributed by atoms with van der Waals surface area (Å²) in [4.78, 5) is 14.4. The second kappa shape index (κ2) is 8.42. The molecule has 1 amide bonds. The summed E-state index contributed by atoms with van der Waals surface area (Å²) in [5, 5.41) is 11.4. The van der Waals surface area contributed by atoms with E-state index in [-0.39, 0.29) is 23.9 Å². The predicted molar refractivity (Wildman–Crippen MR) is 114 cm³/mol. The molecular formula is C21H25N5O2S. The molecule has 2 N–H and O–H groups in total. The highest BCUT2D eigenvalue weighted by Gasteiger charge is 2.26. The van der Waals surface area contributed by atoms with Gasteiger partial charge in [-0.05, 0) is 30.2 Å². The normalized spacial score (nSPS) is 19.6. The van der Waals surface area contributed by atoms with Crippen LogP contribution in [0.1, 0.15) is 25.2 Å². The van der Waals surface area contributed by atoms with Crippen LogP contribution in [0.3, 0.4) is 0 Å². The van der Waals surface area contributed by atoms with Crippen molar-refractivity contribution in [1.82, 2.24) is 19.8 Å². The summed E-state index contributed by atoms with van der Waals surface area (Å²) in [5.41, 5.74) is 1.14. The summed E-state index contributed by atoms with van der Waals surface area (Å²) in [6, 6.07) is 14.4. The van der Waals surface area contributed by atoms with Gasteiger partial charge in [-0.2, -0.15) is 0 Å². The van der Waals surface area contributed by atoms with E-state index in [9.17, 15) is 4.79 Å². The van der Waals surface area contributed by atoms with E-state index < -0.39 is 0 Å². The van der Waals surface area contributed by atoms with Gasteiger partial charge in [0.05, 0.1) is 18.0 Å². The van der Waals surface area contributed by atoms with Crippen LogP contribution >= 0.6 is 11.8 Å². The Morgan fingerprint density at radius 1 is 1.14 bits per heavy atom. The third kappa shape index (κ3) is 4.38. The van der Waals surface area contributed by atoms with E-state index in [0.717, 1.165) is 5.56 Å². The number of rotatable bonds is 5. The Morgan fingerprint density at radius 3 is 2.66 bits per heavy atom. The zero-order valence-electron chi connectivity index (χ0n) is 16.6. The smallest absolute Gasteiger partial charge is 0.233 e. The minimum absolute atomic E-state index is 0.0539. The van der Waals surface area contributed by atoms with Gasteiger partial charge >= 0.3 is 0 Å². The highest BCUT2D eigenvalue weighted by atomic mass is 32.2. The number of nitrogen functional groups attached to an aromatic ring is 1. The van der Waals surface area contributed by atoms with Crippen LogP contribution in [0.4, 0.5) is 0 Å². The fourth-order valence-electron chi connectivity index (χ4n) is 3.74. The molecule has 1 fully saturated rings. The summed E-state index contributed by atoms with van der Waals surface area (Å²) >= 11 is 1.32. The number of fused-ring (bicyclic) bond motifs is 1. The molecule has 8 heteroatoms. The van der Waals surface area contributed by atoms with Crippen molar-refractivity contribution in [2.45, 2.75) is 37.6 Å². The van der Waals surface area contributed by atoms with Crippen LogP contribution in [-0.2, 0) is 16.0 Å². The second-order valence-electron chi connectivity index (χ2n) is 7.43. The average molecular weight is 412 g/mol. The topological polar surface area (TPSA) is 86.3 Å². The Labute approximate surface area is 174 Å². The van der Waals surface area contributed by atoms with Crippen molar-refractivity contribution in [2.24, 2.45) is 0 Å². The molecule has 1 saturated heterocycles. The first-order chi connectivity index (χ1) is 14.0. The molecule has 29 heavy (non-hydrogen) atoms. The standard InChI is InChI=1S/C21H25N5O2S/c1-14-11-25(12-15(2)28-14)20(27)13-29-21-24-23-19(26(21)22)10-17-8-5-7-16-6-3-4-9-18(16)17/h3-9,14-15H,10-13,22H2,1-2H3/t14-,15-/m0/s1. The molecule has 2 aromatic carbocycles. The van der Waals surface area contributed by atoms with Crippen LogP contribution < -0.4 is 5.84 Å². The van der Waals surface area contributed by atoms with Crippen LogP contribution in [0.2, 0.25) is 0 Å². The Hall–Kier alpha value is -2.58. The lowest BCUT2D eigenvalue weighted by Gasteiger charge is -2.35. The number of nitrogens with zero attached hydrogens (tertiary/aromatic N) is 4. The monoisotopic (exact) mass is 411 g/mol. The molecule has 0 aliphatic carbocycles. The minimum Gasteiger partial charge on any atom is -0.372 e. The zero-order chi connectivity index (χ0) is 20.4. The number of thioether (sulfide) groups is 1. The molecule has 2 heterocycles. The van der Waals surface area contributed by atoms with Crippen LogP contribution in [0.5, 0.6) is 0 Å². The molecule has 3 aromatic rings. The van der Waals surface area contributed by atoms with Gasteiger partial charge in [-0.15, -0.1) is 10.2 Å². The van der Waals surface area contributed by atoms with Gasteiger partial charge in [0.2, 0.25) is 11.1 Å². The van der Waals surface area contributed by atoms with Crippen LogP contribution in [0, 0.1) is 0 Å². The fraction of sp³-hybridized carbons (Fsp3) is 0.381. The lowest BCUT2D eigenvalue weighted by molar-refractivity contribution is -0.140. The van der Waals surface area contributed by atoms with E-state index in [1.807, 2.05) is 36.9 Å². The predicted octanol–water partition coefficient (Wildman–Crippen LogP) is 2.46. The van der Waals surface area contributed by atoms with E-state index in [1.165, 1.54) is 27.2 Å². The van der Waals surface area contributed by atoms with Crippen LogP contribution in [0.15, 0.2) is 47.6 Å². The quantitative estimate of drug-likeness (QED) is 0.513. The van der Waals surface area contributed by atoms with Crippen molar-refractivity contribution in [2.75, 3.05) is 24.7 Å². The third-order valence-corrected chi connectivity index (χ3v) is 5.99. The number of aromatic nitrogens is 3. The molecule has 0 unspecified atom stereocenters. The molecule has 4 rings (SSSR count). The highest BCUT2D eigenvalue weighted by molar-refractivity contribution is 7.99. The van der Waals surface area contributed by atoms with E-state index >= 15 is 0 Å². The molecule has 0 bridgehead atoms. The summed E-state index contributed by atoms with van der Waals surface area (Å²) in [6.45, 7) is 5.20. The molecule has 1 aliphatic heterocycles. The summed E-state index contributed by atoms with van der Waals surface area (Å²) < 4.78 is 7.18. The molecule has 1 aliphatic rings. The van der Waals surface area contributed by atoms with Crippen molar-refractivity contribution in [3.63, 3.8) is 0 Å². The molecule has 0 spiro atoms. The lowest BCUT2D eigenvalue weighted by atomic mass is 10.0. The minimum atomic E-state index is 0.0539. The van der Waals surface area contributed by atoms with Gasteiger partial charge in [-0.1, -0.05) is 54.2 Å². The van der Waals surface area contributed by atoms with Gasteiger partial charge in [0, 0.05) is 19.5 Å². The van der Waals surface area contributed by atoms with Gasteiger partial charge in [0.1, 0.15) is 0 Å². The second-order valence-corrected chi connectivity index (χ2v) is 8.37. The van der Waals surface area contributed by atoms with Gasteiger partial charge in [-0.25, -0.2) is 4.68 Å². The first kappa shape index (κ1) is 19.7. The van der Waals surface area contributed by atoms with Gasteiger partial charge in [0.15, 0.2) is 5.82 Å². The first-order valence-corrected chi connectivity index (χ1v) is 10.7. The van der Waals surface area contributed by atoms with Crippen molar-refractivity contribution < 1.29 is 9.53 Å². The maximum absolute atomic E-state index is 12.6. The van der Waals surface area contributed by atoms with Gasteiger partial charge in [0.25, 0.3) is 0 Å². The first-order valence-electron chi connectivity index (χ1n) is 9.73. The third-order valence-electron chi connectivity index (χ3n) is 5.06. The Kier molecular flexibility index (Phi) is 5.73. The molecule has 2 atom stereocenters. The van der Waals surface area contributed by atoms with Crippen molar-refractivity contribution >= 4 is 28.4 Å². The van der Waals surface area contributed by atoms with Crippen LogP contribution in [0.25, 0.3) is 10.8 Å². The number of carbonyl (C=O) groups excluding carboxylic acids is 1. The molecular weight excluding hydrogens is 386 g/mol. The molecule has 0 saturated carbocycles. The number of morpholine rings is 1. The summed E-state index contributed by atoms with van der Waals surface area (Å²) in [5.74, 6) is 7.25. The summed E-state index contributed by atoms with van der Waals surface area (Å²) in [6.07, 6.45) is 0.689. The molecule has 7 nitrogen and oxygen atoms in total. The highest BCUT2D eigenvalue weighted by Crippen LogP contribution is 2.22. The fourth-order valence-corrected chi connectivity index (χ4v) is 4.52. The van der Waals surface area contributed by atoms with Gasteiger partial charge < -0.3 is 15.5 Å². The van der Waals surface area contributed by atoms with E-state index in [0.29, 0.717) is 30.5 Å². The molecule has 152 valence electrons. The van der Waals surface area contributed by atoms with Crippen molar-refractivity contribution in [1.29, 1.82) is 0 Å². The maximum Gasteiger partial charge on any atom is 0.233 e. The number of amides is 1. The number of hydrogen-bond acceptors (Lipinski definition) is 6. The number of carbonyl (C=O) groups is 1. The number of hydrogen-bond donors (Lipinski definition) is 1. The number of nitrogens with two attached hydrogens (primary N) is 1. The molecule has 1 aromatic heterocycles. The maximum atomic E-state index is 12.6. The SMILES string of the molecule is C[C@H]1CN(C(=O)CSc2nnc(Cc3cccc4ccccc34)n2N)C[C@H](C)O1. The van der Waals surface area contributed by atoms with Crippen molar-refractivity contribution in [3.8, 4) is 0 Å². The average Bonchev–Trinajstić information content (AvgIpc) is 3.05. The van der Waals surface area contributed by atoms with E-state index in [2.05, 4.69) is 34.5 Å². The lowest BCUT2D eigenvalue weighted by Crippen LogP contribution is -2.48. The summed E-state index contributed by atoms with van der Waals surface area (Å²) in [7, 11) is 0. The van der Waals surface area contributed by atoms with Gasteiger partial charge in [-0.3, -0.25) is 4.79 Å². The largest absolute Gasteiger partial charge is 0.372 e. The van der Waals surface area contributed by atoms with E-state index in [1.54, 1.807) is 0 Å². The number of benzene rings is 2. The van der Waals surface area contributed by atoms with Crippen LogP contribution in [-0.4, -0.2) is 56.7 Å². The zero-order valence-corrected chi connectivity index (χ0v) is 17.4. The van der Waals surface area contributed by atoms with E-state index in [4.69, 9.17) is 10.6 Å². The Morgan fingerprint density at radius 2 is 1.86 bits per heavy atom.